The van der Waals surface area contributed by atoms with Crippen molar-refractivity contribution in [2.75, 3.05) is 5.73 Å². The molecule has 4 aromatic rings. The number of ether oxygens (including phenoxy) is 1. The molecule has 2 heterocycles. The molecule has 6 nitrogen and oxygen atoms in total. The van der Waals surface area contributed by atoms with Crippen LogP contribution in [-0.2, 0) is 6.18 Å². The monoisotopic (exact) mass is 439 g/mol. The average molecular weight is 439 g/mol. The van der Waals surface area contributed by atoms with Gasteiger partial charge < -0.3 is 10.5 Å². The molecule has 0 bridgehead atoms. The summed E-state index contributed by atoms with van der Waals surface area (Å²) in [4.78, 5) is 8.57. The summed E-state index contributed by atoms with van der Waals surface area (Å²) in [5, 5.41) is 5.55. The highest BCUT2D eigenvalue weighted by molar-refractivity contribution is 5.98. The topological polar surface area (TPSA) is 78.8 Å². The Morgan fingerprint density at radius 1 is 0.906 bits per heavy atom. The van der Waals surface area contributed by atoms with Gasteiger partial charge >= 0.3 is 6.18 Å². The van der Waals surface area contributed by atoms with Crippen LogP contribution in [0.4, 0.5) is 19.0 Å². The van der Waals surface area contributed by atoms with Crippen LogP contribution in [0.1, 0.15) is 37.3 Å². The van der Waals surface area contributed by atoms with Gasteiger partial charge in [-0.2, -0.15) is 18.3 Å². The Morgan fingerprint density at radius 2 is 1.53 bits per heavy atom. The number of nitrogens with two attached hydrogens (primary N) is 1. The number of hydrogen-bond acceptors (Lipinski definition) is 5. The van der Waals surface area contributed by atoms with Crippen LogP contribution in [0.15, 0.2) is 54.9 Å². The first kappa shape index (κ1) is 20.3. The van der Waals surface area contributed by atoms with Gasteiger partial charge in [-0.15, -0.1) is 0 Å². The zero-order valence-electron chi connectivity index (χ0n) is 17.0. The summed E-state index contributed by atoms with van der Waals surface area (Å²) in [6.07, 6.45) is 1.52. The second-order valence-corrected chi connectivity index (χ2v) is 7.84. The Labute approximate surface area is 181 Å². The second kappa shape index (κ2) is 7.81. The molecule has 1 saturated carbocycles. The number of fused-ring (bicyclic) bond motifs is 1. The lowest BCUT2D eigenvalue weighted by atomic mass is 10.1. The molecule has 164 valence electrons. The Bertz CT molecular complexity index is 1240. The maximum atomic E-state index is 12.7. The first-order valence-electron chi connectivity index (χ1n) is 10.3. The van der Waals surface area contributed by atoms with Crippen LogP contribution in [0.3, 0.4) is 0 Å². The highest BCUT2D eigenvalue weighted by Crippen LogP contribution is 2.37. The molecule has 0 atom stereocenters. The van der Waals surface area contributed by atoms with Crippen molar-refractivity contribution in [3.63, 3.8) is 0 Å². The van der Waals surface area contributed by atoms with Crippen molar-refractivity contribution < 1.29 is 17.9 Å². The van der Waals surface area contributed by atoms with Crippen molar-refractivity contribution in [3.05, 3.63) is 60.4 Å². The van der Waals surface area contributed by atoms with Crippen LogP contribution in [0.5, 0.6) is 11.5 Å². The average Bonchev–Trinajstić information content (AvgIpc) is 3.43. The number of anilines is 1. The maximum absolute atomic E-state index is 12.7. The minimum Gasteiger partial charge on any atom is -0.457 e. The fourth-order valence-corrected chi connectivity index (χ4v) is 4.13. The van der Waals surface area contributed by atoms with E-state index in [2.05, 4.69) is 9.97 Å². The van der Waals surface area contributed by atoms with Gasteiger partial charge in [0.25, 0.3) is 0 Å². The van der Waals surface area contributed by atoms with E-state index in [1.807, 2.05) is 16.8 Å². The van der Waals surface area contributed by atoms with Crippen LogP contribution in [-0.4, -0.2) is 19.7 Å². The Balaban J connectivity index is 1.44. The van der Waals surface area contributed by atoms with Crippen LogP contribution < -0.4 is 10.5 Å². The number of alkyl halides is 3. The molecular formula is C23H20F3N5O. The lowest BCUT2D eigenvalue weighted by Crippen LogP contribution is -2.07. The molecule has 5 rings (SSSR count). The van der Waals surface area contributed by atoms with Gasteiger partial charge in [-0.3, -0.25) is 0 Å². The van der Waals surface area contributed by atoms with Gasteiger partial charge in [-0.05, 0) is 61.4 Å². The summed E-state index contributed by atoms with van der Waals surface area (Å²) in [6.45, 7) is 0. The number of aromatic nitrogens is 4. The lowest BCUT2D eigenvalue weighted by Gasteiger charge is -2.10. The van der Waals surface area contributed by atoms with E-state index < -0.39 is 11.7 Å². The van der Waals surface area contributed by atoms with E-state index in [9.17, 15) is 13.2 Å². The van der Waals surface area contributed by atoms with Gasteiger partial charge in [0.2, 0.25) is 0 Å². The molecule has 2 aromatic heterocycles. The zero-order chi connectivity index (χ0) is 22.3. The largest absolute Gasteiger partial charge is 0.457 e. The van der Waals surface area contributed by atoms with E-state index in [1.54, 1.807) is 12.1 Å². The van der Waals surface area contributed by atoms with E-state index in [0.717, 1.165) is 54.4 Å². The van der Waals surface area contributed by atoms with Crippen molar-refractivity contribution in [1.82, 2.24) is 19.7 Å². The number of benzene rings is 2. The molecule has 0 spiro atoms. The number of halogens is 3. The minimum absolute atomic E-state index is 0.294. The first-order chi connectivity index (χ1) is 15.4. The number of rotatable bonds is 4. The predicted octanol–water partition coefficient (Wildman–Crippen LogP) is 6.00. The minimum atomic E-state index is -4.38. The lowest BCUT2D eigenvalue weighted by molar-refractivity contribution is -0.137. The molecule has 1 aliphatic carbocycles. The second-order valence-electron chi connectivity index (χ2n) is 7.84. The molecule has 9 heteroatoms. The van der Waals surface area contributed by atoms with Gasteiger partial charge in [0.05, 0.1) is 17.0 Å². The van der Waals surface area contributed by atoms with Gasteiger partial charge in [0.15, 0.2) is 5.65 Å². The number of hydrogen-bond donors (Lipinski definition) is 1. The van der Waals surface area contributed by atoms with Crippen LogP contribution in [0.2, 0.25) is 0 Å². The van der Waals surface area contributed by atoms with E-state index in [1.165, 1.54) is 18.5 Å². The summed E-state index contributed by atoms with van der Waals surface area (Å²) in [7, 11) is 0. The van der Waals surface area contributed by atoms with E-state index in [4.69, 9.17) is 15.6 Å². The summed E-state index contributed by atoms with van der Waals surface area (Å²) in [5.41, 5.74) is 7.71. The van der Waals surface area contributed by atoms with Gasteiger partial charge in [-0.25, -0.2) is 14.6 Å². The number of nitrogen functional groups attached to an aromatic ring is 1. The molecule has 2 N–H and O–H groups in total. The molecular weight excluding hydrogens is 419 g/mol. The summed E-state index contributed by atoms with van der Waals surface area (Å²) < 4.78 is 45.8. The Hall–Kier alpha value is -3.62. The molecule has 0 unspecified atom stereocenters. The molecule has 32 heavy (non-hydrogen) atoms. The summed E-state index contributed by atoms with van der Waals surface area (Å²) in [6, 6.07) is 12.0. The smallest absolute Gasteiger partial charge is 0.416 e. The van der Waals surface area contributed by atoms with Crippen molar-refractivity contribution in [3.8, 4) is 22.8 Å². The molecule has 0 aliphatic heterocycles. The fourth-order valence-electron chi connectivity index (χ4n) is 4.13. The van der Waals surface area contributed by atoms with E-state index in [-0.39, 0.29) is 0 Å². The van der Waals surface area contributed by atoms with Crippen molar-refractivity contribution >= 4 is 16.9 Å². The highest BCUT2D eigenvalue weighted by atomic mass is 19.4. The molecule has 1 aliphatic rings. The van der Waals surface area contributed by atoms with Crippen LogP contribution in [0.25, 0.3) is 22.3 Å². The van der Waals surface area contributed by atoms with Crippen LogP contribution in [0, 0.1) is 0 Å². The fraction of sp³-hybridized carbons (Fsp3) is 0.261. The number of nitrogens with zero attached hydrogens (tertiary/aromatic N) is 4. The van der Waals surface area contributed by atoms with Gasteiger partial charge in [0.1, 0.15) is 29.3 Å². The van der Waals surface area contributed by atoms with Gasteiger partial charge in [-0.1, -0.05) is 12.8 Å². The third-order valence-corrected chi connectivity index (χ3v) is 5.73. The molecule has 0 amide bonds. The van der Waals surface area contributed by atoms with Crippen LogP contribution >= 0.6 is 0 Å². The standard InChI is InChI=1S/C23H20F3N5O/c24-23(25,26)15-7-11-18(12-8-15)32-17-9-5-14(6-10-17)20-19-21(27)28-13-29-22(19)31(30-20)16-3-1-2-4-16/h5-13,16H,1-4H2,(H2,27,28,29). The maximum Gasteiger partial charge on any atom is 0.416 e. The normalized spacial score (nSPS) is 14.8. The Morgan fingerprint density at radius 3 is 2.16 bits per heavy atom. The van der Waals surface area contributed by atoms with E-state index in [0.29, 0.717) is 29.1 Å². The molecule has 1 fully saturated rings. The molecule has 0 saturated heterocycles. The highest BCUT2D eigenvalue weighted by Gasteiger charge is 2.30. The quantitative estimate of drug-likeness (QED) is 0.422. The summed E-state index contributed by atoms with van der Waals surface area (Å²) in [5.74, 6) is 1.19. The van der Waals surface area contributed by atoms with Crippen molar-refractivity contribution in [1.29, 1.82) is 0 Å². The predicted molar refractivity (Wildman–Crippen MR) is 114 cm³/mol. The zero-order valence-corrected chi connectivity index (χ0v) is 17.0. The molecule has 2 aromatic carbocycles. The van der Waals surface area contributed by atoms with Crippen molar-refractivity contribution in [2.45, 2.75) is 37.9 Å². The third kappa shape index (κ3) is 3.74. The SMILES string of the molecule is Nc1ncnc2c1c(-c1ccc(Oc3ccc(C(F)(F)F)cc3)cc1)nn2C1CCCC1. The van der Waals surface area contributed by atoms with Crippen molar-refractivity contribution in [2.24, 2.45) is 0 Å². The van der Waals surface area contributed by atoms with E-state index >= 15 is 0 Å². The first-order valence-corrected chi connectivity index (χ1v) is 10.3. The molecule has 0 radical (unpaired) electrons. The summed E-state index contributed by atoms with van der Waals surface area (Å²) >= 11 is 0. The van der Waals surface area contributed by atoms with Gasteiger partial charge in [0, 0.05) is 5.56 Å². The Kier molecular flexibility index (Phi) is 4.96. The third-order valence-electron chi connectivity index (χ3n) is 5.73.